The Balaban J connectivity index is 2.09. The molecule has 0 aliphatic rings. The second-order valence-corrected chi connectivity index (χ2v) is 7.82. The summed E-state index contributed by atoms with van der Waals surface area (Å²) in [6, 6.07) is 11.7. The van der Waals surface area contributed by atoms with Gasteiger partial charge in [-0.05, 0) is 56.2 Å². The molecule has 25 heavy (non-hydrogen) atoms. The van der Waals surface area contributed by atoms with Crippen LogP contribution in [0.25, 0.3) is 0 Å². The molecule has 5 nitrogen and oxygen atoms in total. The molecule has 2 aromatic carbocycles. The second kappa shape index (κ2) is 8.27. The predicted molar refractivity (Wildman–Crippen MR) is 100 cm³/mol. The zero-order chi connectivity index (χ0) is 18.4. The Morgan fingerprint density at radius 3 is 2.32 bits per heavy atom. The molecule has 1 amide bonds. The third-order valence-corrected chi connectivity index (χ3v) is 5.36. The first-order valence-corrected chi connectivity index (χ1v) is 9.80. The van der Waals surface area contributed by atoms with Crippen molar-refractivity contribution >= 4 is 21.6 Å². The van der Waals surface area contributed by atoms with Crippen LogP contribution in [-0.2, 0) is 10.0 Å². The fraction of sp³-hybridized carbons (Fsp3) is 0.316. The number of aryl methyl sites for hydroxylation is 2. The molecule has 6 heteroatoms. The lowest BCUT2D eigenvalue weighted by Gasteiger charge is -2.10. The maximum absolute atomic E-state index is 12.3. The second-order valence-electron chi connectivity index (χ2n) is 6.05. The summed E-state index contributed by atoms with van der Waals surface area (Å²) in [5.74, 6) is -0.269. The lowest BCUT2D eigenvalue weighted by Crippen LogP contribution is -2.24. The summed E-state index contributed by atoms with van der Waals surface area (Å²) in [5, 5.41) is 2.85. The van der Waals surface area contributed by atoms with E-state index in [2.05, 4.69) is 10.0 Å². The molecule has 0 radical (unpaired) electrons. The van der Waals surface area contributed by atoms with Crippen molar-refractivity contribution in [1.29, 1.82) is 0 Å². The van der Waals surface area contributed by atoms with Crippen LogP contribution in [0.3, 0.4) is 0 Å². The topological polar surface area (TPSA) is 75.3 Å². The van der Waals surface area contributed by atoms with Gasteiger partial charge in [-0.1, -0.05) is 31.0 Å². The average Bonchev–Trinajstić information content (AvgIpc) is 2.57. The highest BCUT2D eigenvalue weighted by Crippen LogP contribution is 2.18. The van der Waals surface area contributed by atoms with Gasteiger partial charge in [-0.2, -0.15) is 0 Å². The molecule has 0 saturated carbocycles. The standard InChI is InChI=1S/C19H24N2O3S/c1-4-5-12-20-25(23,24)17-9-7-16(8-10-17)19(22)21-18-11-6-14(2)13-15(18)3/h6-11,13,20H,4-5,12H2,1-3H3,(H,21,22). The van der Waals surface area contributed by atoms with Crippen LogP contribution in [0, 0.1) is 13.8 Å². The van der Waals surface area contributed by atoms with Crippen molar-refractivity contribution < 1.29 is 13.2 Å². The molecule has 0 fully saturated rings. The third-order valence-electron chi connectivity index (χ3n) is 3.88. The zero-order valence-corrected chi connectivity index (χ0v) is 15.6. The fourth-order valence-electron chi connectivity index (χ4n) is 2.40. The molecule has 0 atom stereocenters. The van der Waals surface area contributed by atoms with Crippen LogP contribution in [0.5, 0.6) is 0 Å². The number of anilines is 1. The van der Waals surface area contributed by atoms with Gasteiger partial charge in [0.15, 0.2) is 0 Å². The highest BCUT2D eigenvalue weighted by atomic mass is 32.2. The van der Waals surface area contributed by atoms with Gasteiger partial charge in [-0.3, -0.25) is 4.79 Å². The van der Waals surface area contributed by atoms with E-state index >= 15 is 0 Å². The summed E-state index contributed by atoms with van der Waals surface area (Å²) in [5.41, 5.74) is 3.26. The van der Waals surface area contributed by atoms with E-state index < -0.39 is 10.0 Å². The predicted octanol–water partition coefficient (Wildman–Crippen LogP) is 3.63. The van der Waals surface area contributed by atoms with Crippen molar-refractivity contribution in [3.8, 4) is 0 Å². The number of unbranched alkanes of at least 4 members (excludes halogenated alkanes) is 1. The SMILES string of the molecule is CCCCNS(=O)(=O)c1ccc(C(=O)Nc2ccc(C)cc2C)cc1. The molecule has 0 aromatic heterocycles. The number of carbonyl (C=O) groups is 1. The van der Waals surface area contributed by atoms with E-state index in [4.69, 9.17) is 0 Å². The number of benzene rings is 2. The third kappa shape index (κ3) is 5.14. The molecular formula is C19H24N2O3S. The fourth-order valence-corrected chi connectivity index (χ4v) is 3.47. The molecule has 0 aliphatic heterocycles. The number of carbonyl (C=O) groups excluding carboxylic acids is 1. The smallest absolute Gasteiger partial charge is 0.255 e. The number of nitrogens with one attached hydrogen (secondary N) is 2. The first kappa shape index (κ1) is 19.1. The van der Waals surface area contributed by atoms with E-state index in [-0.39, 0.29) is 10.8 Å². The number of rotatable bonds is 7. The van der Waals surface area contributed by atoms with E-state index in [1.807, 2.05) is 39.0 Å². The van der Waals surface area contributed by atoms with Gasteiger partial charge in [0, 0.05) is 17.8 Å². The highest BCUT2D eigenvalue weighted by molar-refractivity contribution is 7.89. The minimum atomic E-state index is -3.53. The largest absolute Gasteiger partial charge is 0.322 e. The number of amides is 1. The monoisotopic (exact) mass is 360 g/mol. The van der Waals surface area contributed by atoms with E-state index in [0.717, 1.165) is 29.7 Å². The van der Waals surface area contributed by atoms with Crippen LogP contribution in [0.4, 0.5) is 5.69 Å². The number of sulfonamides is 1. The first-order chi connectivity index (χ1) is 11.8. The molecule has 2 N–H and O–H groups in total. The average molecular weight is 360 g/mol. The normalized spacial score (nSPS) is 11.3. The Morgan fingerprint density at radius 1 is 1.04 bits per heavy atom. The van der Waals surface area contributed by atoms with Gasteiger partial charge in [-0.15, -0.1) is 0 Å². The van der Waals surface area contributed by atoms with Gasteiger partial charge < -0.3 is 5.32 Å². The van der Waals surface area contributed by atoms with Gasteiger partial charge in [0.1, 0.15) is 0 Å². The Bertz CT molecular complexity index is 843. The number of hydrogen-bond acceptors (Lipinski definition) is 3. The quantitative estimate of drug-likeness (QED) is 0.740. The molecule has 0 heterocycles. The Hall–Kier alpha value is -2.18. The Kier molecular flexibility index (Phi) is 6.33. The first-order valence-electron chi connectivity index (χ1n) is 8.32. The molecular weight excluding hydrogens is 336 g/mol. The minimum Gasteiger partial charge on any atom is -0.322 e. The van der Waals surface area contributed by atoms with E-state index in [1.54, 1.807) is 0 Å². The summed E-state index contributed by atoms with van der Waals surface area (Å²) >= 11 is 0. The van der Waals surface area contributed by atoms with Crippen LogP contribution >= 0.6 is 0 Å². The Labute approximate surface area is 149 Å². The molecule has 2 rings (SSSR count). The van der Waals surface area contributed by atoms with E-state index in [1.165, 1.54) is 24.3 Å². The van der Waals surface area contributed by atoms with Crippen LogP contribution in [-0.4, -0.2) is 20.9 Å². The van der Waals surface area contributed by atoms with E-state index in [9.17, 15) is 13.2 Å². The van der Waals surface area contributed by atoms with Gasteiger partial charge in [0.05, 0.1) is 4.90 Å². The lowest BCUT2D eigenvalue weighted by atomic mass is 10.1. The Morgan fingerprint density at radius 2 is 1.72 bits per heavy atom. The van der Waals surface area contributed by atoms with Crippen LogP contribution in [0.2, 0.25) is 0 Å². The summed E-state index contributed by atoms with van der Waals surface area (Å²) < 4.78 is 26.8. The molecule has 2 aromatic rings. The lowest BCUT2D eigenvalue weighted by molar-refractivity contribution is 0.102. The maximum atomic E-state index is 12.3. The van der Waals surface area contributed by atoms with Gasteiger partial charge in [-0.25, -0.2) is 13.1 Å². The molecule has 0 bridgehead atoms. The van der Waals surface area contributed by atoms with Crippen molar-refractivity contribution in [1.82, 2.24) is 4.72 Å². The summed E-state index contributed by atoms with van der Waals surface area (Å²) in [4.78, 5) is 12.5. The van der Waals surface area contributed by atoms with Crippen molar-refractivity contribution in [3.63, 3.8) is 0 Å². The van der Waals surface area contributed by atoms with Crippen LogP contribution in [0.15, 0.2) is 47.4 Å². The van der Waals surface area contributed by atoms with Crippen molar-refractivity contribution in [2.45, 2.75) is 38.5 Å². The van der Waals surface area contributed by atoms with Crippen LogP contribution in [0.1, 0.15) is 41.3 Å². The highest BCUT2D eigenvalue weighted by Gasteiger charge is 2.14. The summed E-state index contributed by atoms with van der Waals surface area (Å²) in [6.07, 6.45) is 1.70. The van der Waals surface area contributed by atoms with Crippen LogP contribution < -0.4 is 10.0 Å². The minimum absolute atomic E-state index is 0.159. The maximum Gasteiger partial charge on any atom is 0.255 e. The molecule has 0 aliphatic carbocycles. The molecule has 0 spiro atoms. The van der Waals surface area contributed by atoms with E-state index in [0.29, 0.717) is 12.1 Å². The summed E-state index contributed by atoms with van der Waals surface area (Å²) in [7, 11) is -3.53. The van der Waals surface area contributed by atoms with Gasteiger partial charge >= 0.3 is 0 Å². The zero-order valence-electron chi connectivity index (χ0n) is 14.8. The van der Waals surface area contributed by atoms with Crippen molar-refractivity contribution in [2.75, 3.05) is 11.9 Å². The molecule has 0 unspecified atom stereocenters. The molecule has 0 saturated heterocycles. The number of hydrogen-bond donors (Lipinski definition) is 2. The van der Waals surface area contributed by atoms with Gasteiger partial charge in [0.25, 0.3) is 5.91 Å². The summed E-state index contributed by atoms with van der Waals surface area (Å²) in [6.45, 7) is 6.33. The van der Waals surface area contributed by atoms with Crippen molar-refractivity contribution in [3.05, 3.63) is 59.2 Å². The molecule has 134 valence electrons. The van der Waals surface area contributed by atoms with Gasteiger partial charge in [0.2, 0.25) is 10.0 Å². The van der Waals surface area contributed by atoms with Crippen molar-refractivity contribution in [2.24, 2.45) is 0 Å².